The van der Waals surface area contributed by atoms with Crippen molar-refractivity contribution >= 4 is 5.69 Å². The van der Waals surface area contributed by atoms with Crippen LogP contribution >= 0.6 is 0 Å². The van der Waals surface area contributed by atoms with Gasteiger partial charge in [0, 0.05) is 24.2 Å². The summed E-state index contributed by atoms with van der Waals surface area (Å²) in [4.78, 5) is 9.78. The summed E-state index contributed by atoms with van der Waals surface area (Å²) >= 11 is 0. The molecule has 0 spiro atoms. The lowest BCUT2D eigenvalue weighted by Crippen LogP contribution is -2.31. The van der Waals surface area contributed by atoms with E-state index in [9.17, 15) is 14.5 Å². The molecule has 0 saturated heterocycles. The van der Waals surface area contributed by atoms with Crippen LogP contribution < -0.4 is 5.32 Å². The molecule has 0 aliphatic heterocycles. The SMILES string of the molecule is CCC(CO)NCc1cccc([N+](=O)[O-])c1F. The van der Waals surface area contributed by atoms with Crippen molar-refractivity contribution in [1.29, 1.82) is 0 Å². The summed E-state index contributed by atoms with van der Waals surface area (Å²) in [5.41, 5.74) is -0.299. The molecule has 0 aromatic heterocycles. The average Bonchev–Trinajstić information content (AvgIpc) is 2.32. The Bertz CT molecular complexity index is 394. The number of benzene rings is 1. The predicted molar refractivity (Wildman–Crippen MR) is 61.1 cm³/mol. The van der Waals surface area contributed by atoms with Crippen LogP contribution in [0.1, 0.15) is 18.9 Å². The summed E-state index contributed by atoms with van der Waals surface area (Å²) in [6.07, 6.45) is 0.701. The highest BCUT2D eigenvalue weighted by atomic mass is 19.1. The molecule has 1 unspecified atom stereocenters. The topological polar surface area (TPSA) is 75.4 Å². The van der Waals surface area contributed by atoms with E-state index >= 15 is 0 Å². The van der Waals surface area contributed by atoms with Crippen LogP contribution in [0, 0.1) is 15.9 Å². The van der Waals surface area contributed by atoms with Crippen molar-refractivity contribution in [2.45, 2.75) is 25.9 Å². The molecule has 1 aromatic carbocycles. The number of hydrogen-bond donors (Lipinski definition) is 2. The summed E-state index contributed by atoms with van der Waals surface area (Å²) in [6, 6.07) is 3.92. The molecule has 6 heteroatoms. The van der Waals surface area contributed by atoms with Crippen LogP contribution in [0.15, 0.2) is 18.2 Å². The fourth-order valence-electron chi connectivity index (χ4n) is 1.44. The molecular formula is C11H15FN2O3. The normalized spacial score (nSPS) is 12.4. The highest BCUT2D eigenvalue weighted by Gasteiger charge is 2.17. The first-order valence-corrected chi connectivity index (χ1v) is 5.36. The standard InChI is InChI=1S/C11H15FN2O3/c1-2-9(7-15)13-6-8-4-3-5-10(11(8)12)14(16)17/h3-5,9,13,15H,2,6-7H2,1H3. The number of nitrogens with one attached hydrogen (secondary N) is 1. The molecule has 0 saturated carbocycles. The Morgan fingerprint density at radius 1 is 1.59 bits per heavy atom. The van der Waals surface area contributed by atoms with Gasteiger partial charge in [-0.1, -0.05) is 19.1 Å². The third-order valence-corrected chi connectivity index (χ3v) is 2.55. The van der Waals surface area contributed by atoms with E-state index in [0.29, 0.717) is 6.42 Å². The quantitative estimate of drug-likeness (QED) is 0.586. The van der Waals surface area contributed by atoms with E-state index in [1.165, 1.54) is 12.1 Å². The zero-order chi connectivity index (χ0) is 12.8. The molecule has 0 radical (unpaired) electrons. The summed E-state index contributed by atoms with van der Waals surface area (Å²) in [5, 5.41) is 22.4. The zero-order valence-electron chi connectivity index (χ0n) is 9.52. The molecule has 1 aromatic rings. The van der Waals surface area contributed by atoms with Crippen LogP contribution in [0.25, 0.3) is 0 Å². The van der Waals surface area contributed by atoms with Gasteiger partial charge in [-0.05, 0) is 6.42 Å². The minimum Gasteiger partial charge on any atom is -0.395 e. The van der Waals surface area contributed by atoms with Gasteiger partial charge < -0.3 is 10.4 Å². The van der Waals surface area contributed by atoms with Crippen molar-refractivity contribution < 1.29 is 14.4 Å². The second-order valence-electron chi connectivity index (χ2n) is 3.68. The maximum atomic E-state index is 13.6. The number of rotatable bonds is 6. The first-order chi connectivity index (χ1) is 8.10. The van der Waals surface area contributed by atoms with E-state index < -0.39 is 16.4 Å². The molecule has 0 bridgehead atoms. The first kappa shape index (κ1) is 13.5. The van der Waals surface area contributed by atoms with Crippen molar-refractivity contribution in [2.24, 2.45) is 0 Å². The second-order valence-corrected chi connectivity index (χ2v) is 3.68. The highest BCUT2D eigenvalue weighted by molar-refractivity contribution is 5.36. The van der Waals surface area contributed by atoms with Gasteiger partial charge in [-0.2, -0.15) is 4.39 Å². The van der Waals surface area contributed by atoms with E-state index in [4.69, 9.17) is 5.11 Å². The lowest BCUT2D eigenvalue weighted by Gasteiger charge is -2.14. The average molecular weight is 242 g/mol. The van der Waals surface area contributed by atoms with Crippen LogP contribution in [0.3, 0.4) is 0 Å². The molecule has 2 N–H and O–H groups in total. The molecular weight excluding hydrogens is 227 g/mol. The van der Waals surface area contributed by atoms with Crippen LogP contribution in [-0.2, 0) is 6.54 Å². The van der Waals surface area contributed by atoms with Crippen molar-refractivity contribution in [3.63, 3.8) is 0 Å². The van der Waals surface area contributed by atoms with Crippen LogP contribution in [0.5, 0.6) is 0 Å². The Balaban J connectivity index is 2.78. The molecule has 17 heavy (non-hydrogen) atoms. The molecule has 0 heterocycles. The lowest BCUT2D eigenvalue weighted by molar-refractivity contribution is -0.387. The number of halogens is 1. The minimum absolute atomic E-state index is 0.0486. The number of nitro benzene ring substituents is 1. The van der Waals surface area contributed by atoms with Crippen molar-refractivity contribution in [1.82, 2.24) is 5.32 Å². The molecule has 0 amide bonds. The minimum atomic E-state index is -0.821. The third-order valence-electron chi connectivity index (χ3n) is 2.55. The number of aliphatic hydroxyl groups is 1. The van der Waals surface area contributed by atoms with Crippen molar-refractivity contribution in [3.8, 4) is 0 Å². The largest absolute Gasteiger partial charge is 0.395 e. The van der Waals surface area contributed by atoms with Gasteiger partial charge in [0.25, 0.3) is 0 Å². The van der Waals surface area contributed by atoms with E-state index in [-0.39, 0.29) is 24.8 Å². The number of aliphatic hydroxyl groups excluding tert-OH is 1. The van der Waals surface area contributed by atoms with Crippen LogP contribution in [-0.4, -0.2) is 22.7 Å². The van der Waals surface area contributed by atoms with E-state index in [2.05, 4.69) is 5.32 Å². The monoisotopic (exact) mass is 242 g/mol. The number of nitrogens with zero attached hydrogens (tertiary/aromatic N) is 1. The summed E-state index contributed by atoms with van der Waals surface area (Å²) in [6.45, 7) is 2.00. The van der Waals surface area contributed by atoms with Crippen LogP contribution in [0.4, 0.5) is 10.1 Å². The van der Waals surface area contributed by atoms with Gasteiger partial charge in [-0.25, -0.2) is 0 Å². The molecule has 5 nitrogen and oxygen atoms in total. The van der Waals surface area contributed by atoms with Gasteiger partial charge in [0.2, 0.25) is 5.82 Å². The van der Waals surface area contributed by atoms with E-state index in [1.807, 2.05) is 6.92 Å². The molecule has 94 valence electrons. The Morgan fingerprint density at radius 2 is 2.29 bits per heavy atom. The van der Waals surface area contributed by atoms with Gasteiger partial charge in [0.05, 0.1) is 11.5 Å². The van der Waals surface area contributed by atoms with Gasteiger partial charge in [0.1, 0.15) is 0 Å². The maximum absolute atomic E-state index is 13.6. The molecule has 0 aliphatic rings. The first-order valence-electron chi connectivity index (χ1n) is 5.36. The van der Waals surface area contributed by atoms with Crippen LogP contribution in [0.2, 0.25) is 0 Å². The predicted octanol–water partition coefficient (Wildman–Crippen LogP) is 1.59. The highest BCUT2D eigenvalue weighted by Crippen LogP contribution is 2.20. The van der Waals surface area contributed by atoms with Gasteiger partial charge in [-0.3, -0.25) is 10.1 Å². The summed E-state index contributed by atoms with van der Waals surface area (Å²) in [7, 11) is 0. The maximum Gasteiger partial charge on any atom is 0.305 e. The Morgan fingerprint density at radius 3 is 2.82 bits per heavy atom. The number of nitro groups is 1. The third kappa shape index (κ3) is 3.47. The molecule has 1 rings (SSSR count). The summed E-state index contributed by atoms with van der Waals surface area (Å²) < 4.78 is 13.6. The van der Waals surface area contributed by atoms with E-state index in [0.717, 1.165) is 6.07 Å². The lowest BCUT2D eigenvalue weighted by atomic mass is 10.1. The Kier molecular flexibility index (Phi) is 4.99. The molecule has 0 fully saturated rings. The van der Waals surface area contributed by atoms with Crippen molar-refractivity contribution in [2.75, 3.05) is 6.61 Å². The number of hydrogen-bond acceptors (Lipinski definition) is 4. The Labute approximate surface area is 98.4 Å². The van der Waals surface area contributed by atoms with Crippen molar-refractivity contribution in [3.05, 3.63) is 39.7 Å². The van der Waals surface area contributed by atoms with Gasteiger partial charge >= 0.3 is 5.69 Å². The summed E-state index contributed by atoms with van der Waals surface area (Å²) in [5.74, 6) is -0.821. The zero-order valence-corrected chi connectivity index (χ0v) is 9.52. The Hall–Kier alpha value is -1.53. The smallest absolute Gasteiger partial charge is 0.305 e. The second kappa shape index (κ2) is 6.27. The van der Waals surface area contributed by atoms with E-state index in [1.54, 1.807) is 0 Å². The fourth-order valence-corrected chi connectivity index (χ4v) is 1.44. The molecule has 1 atom stereocenters. The van der Waals surface area contributed by atoms with Gasteiger partial charge in [-0.15, -0.1) is 0 Å². The van der Waals surface area contributed by atoms with Gasteiger partial charge in [0.15, 0.2) is 0 Å². The molecule has 0 aliphatic carbocycles. The fraction of sp³-hybridized carbons (Fsp3) is 0.455.